The minimum Gasteiger partial charge on any atom is -0.345 e. The van der Waals surface area contributed by atoms with E-state index >= 15 is 0 Å². The highest BCUT2D eigenvalue weighted by Gasteiger charge is 2.20. The predicted molar refractivity (Wildman–Crippen MR) is 71.9 cm³/mol. The number of nitrogens with one attached hydrogen (secondary N) is 1. The molecule has 1 aliphatic rings. The SMILES string of the molecule is C[C@H]1CCCC[C@H]1NCCC(=O)N(C)CCC#N. The maximum atomic E-state index is 11.7. The van der Waals surface area contributed by atoms with Crippen LogP contribution in [0.1, 0.15) is 45.4 Å². The lowest BCUT2D eigenvalue weighted by Crippen LogP contribution is -2.39. The normalized spacial score (nSPS) is 23.4. The highest BCUT2D eigenvalue weighted by Crippen LogP contribution is 2.23. The maximum Gasteiger partial charge on any atom is 0.223 e. The number of hydrogen-bond acceptors (Lipinski definition) is 3. The Labute approximate surface area is 110 Å². The van der Waals surface area contributed by atoms with Crippen LogP contribution in [0.3, 0.4) is 0 Å². The van der Waals surface area contributed by atoms with Crippen molar-refractivity contribution in [1.82, 2.24) is 10.2 Å². The second kappa shape index (κ2) is 8.10. The lowest BCUT2D eigenvalue weighted by atomic mass is 9.86. The van der Waals surface area contributed by atoms with Crippen LogP contribution in [0.2, 0.25) is 0 Å². The zero-order valence-electron chi connectivity index (χ0n) is 11.6. The fourth-order valence-electron chi connectivity index (χ4n) is 2.52. The van der Waals surface area contributed by atoms with Gasteiger partial charge in [0, 0.05) is 32.6 Å². The topological polar surface area (TPSA) is 56.1 Å². The zero-order valence-corrected chi connectivity index (χ0v) is 11.6. The summed E-state index contributed by atoms with van der Waals surface area (Å²) in [6.07, 6.45) is 6.13. The molecule has 0 aromatic rings. The third kappa shape index (κ3) is 5.05. The second-order valence-electron chi connectivity index (χ2n) is 5.30. The second-order valence-corrected chi connectivity index (χ2v) is 5.30. The quantitative estimate of drug-likeness (QED) is 0.784. The van der Waals surface area contributed by atoms with Gasteiger partial charge in [0.1, 0.15) is 0 Å². The molecule has 1 amide bonds. The smallest absolute Gasteiger partial charge is 0.223 e. The van der Waals surface area contributed by atoms with Gasteiger partial charge in [-0.1, -0.05) is 19.8 Å². The summed E-state index contributed by atoms with van der Waals surface area (Å²) < 4.78 is 0. The van der Waals surface area contributed by atoms with E-state index in [1.807, 2.05) is 0 Å². The molecule has 2 atom stereocenters. The minimum atomic E-state index is 0.126. The average molecular weight is 251 g/mol. The molecule has 0 bridgehead atoms. The molecule has 0 aromatic carbocycles. The van der Waals surface area contributed by atoms with Crippen molar-refractivity contribution in [2.45, 2.75) is 51.5 Å². The summed E-state index contributed by atoms with van der Waals surface area (Å²) in [6.45, 7) is 3.58. The van der Waals surface area contributed by atoms with Crippen molar-refractivity contribution < 1.29 is 4.79 Å². The van der Waals surface area contributed by atoms with E-state index in [-0.39, 0.29) is 5.91 Å². The molecule has 0 saturated heterocycles. The van der Waals surface area contributed by atoms with Crippen LogP contribution >= 0.6 is 0 Å². The van der Waals surface area contributed by atoms with Crippen LogP contribution in [-0.4, -0.2) is 37.0 Å². The van der Waals surface area contributed by atoms with Gasteiger partial charge in [-0.25, -0.2) is 0 Å². The molecule has 1 N–H and O–H groups in total. The summed E-state index contributed by atoms with van der Waals surface area (Å²) in [5.41, 5.74) is 0. The molecule has 0 radical (unpaired) electrons. The summed E-state index contributed by atoms with van der Waals surface area (Å²) in [6, 6.07) is 2.64. The molecule has 18 heavy (non-hydrogen) atoms. The van der Waals surface area contributed by atoms with Gasteiger partial charge in [0.25, 0.3) is 0 Å². The van der Waals surface area contributed by atoms with Gasteiger partial charge in [-0.2, -0.15) is 5.26 Å². The molecule has 1 saturated carbocycles. The van der Waals surface area contributed by atoms with Gasteiger partial charge in [-0.15, -0.1) is 0 Å². The Morgan fingerprint density at radius 1 is 1.44 bits per heavy atom. The maximum absolute atomic E-state index is 11.7. The molecule has 0 aromatic heterocycles. The van der Waals surface area contributed by atoms with E-state index in [4.69, 9.17) is 5.26 Å². The van der Waals surface area contributed by atoms with Crippen LogP contribution in [0.15, 0.2) is 0 Å². The largest absolute Gasteiger partial charge is 0.345 e. The van der Waals surface area contributed by atoms with Crippen molar-refractivity contribution in [3.63, 3.8) is 0 Å². The van der Waals surface area contributed by atoms with Crippen LogP contribution < -0.4 is 5.32 Å². The van der Waals surface area contributed by atoms with Gasteiger partial charge in [0.2, 0.25) is 5.91 Å². The number of nitriles is 1. The average Bonchev–Trinajstić information content (AvgIpc) is 2.38. The zero-order chi connectivity index (χ0) is 13.4. The van der Waals surface area contributed by atoms with Gasteiger partial charge >= 0.3 is 0 Å². The van der Waals surface area contributed by atoms with E-state index in [9.17, 15) is 4.79 Å². The molecule has 102 valence electrons. The summed E-state index contributed by atoms with van der Waals surface area (Å²) in [7, 11) is 1.77. The van der Waals surface area contributed by atoms with E-state index < -0.39 is 0 Å². The molecular formula is C14H25N3O. The summed E-state index contributed by atoms with van der Waals surface area (Å²) in [5, 5.41) is 12.0. The lowest BCUT2D eigenvalue weighted by Gasteiger charge is -2.29. The van der Waals surface area contributed by atoms with Gasteiger partial charge in [0.05, 0.1) is 12.5 Å². The minimum absolute atomic E-state index is 0.126. The fourth-order valence-corrected chi connectivity index (χ4v) is 2.52. The molecule has 4 nitrogen and oxygen atoms in total. The number of carbonyl (C=O) groups is 1. The first-order valence-electron chi connectivity index (χ1n) is 6.99. The highest BCUT2D eigenvalue weighted by molar-refractivity contribution is 5.76. The Hall–Kier alpha value is -1.08. The number of carbonyl (C=O) groups excluding carboxylic acids is 1. The third-order valence-corrected chi connectivity index (χ3v) is 3.84. The van der Waals surface area contributed by atoms with Gasteiger partial charge < -0.3 is 10.2 Å². The molecule has 1 aliphatic carbocycles. The Bertz CT molecular complexity index is 298. The van der Waals surface area contributed by atoms with E-state index in [1.54, 1.807) is 11.9 Å². The van der Waals surface area contributed by atoms with Crippen LogP contribution in [-0.2, 0) is 4.79 Å². The van der Waals surface area contributed by atoms with Crippen LogP contribution in [0.25, 0.3) is 0 Å². The van der Waals surface area contributed by atoms with E-state index in [0.717, 1.165) is 12.5 Å². The molecule has 0 aliphatic heterocycles. The molecule has 0 heterocycles. The Morgan fingerprint density at radius 2 is 2.17 bits per heavy atom. The standard InChI is InChI=1S/C14H25N3O/c1-12-6-3-4-7-13(12)16-10-8-14(18)17(2)11-5-9-15/h12-13,16H,3-8,10-11H2,1-2H3/t12-,13+/m0/s1. The Morgan fingerprint density at radius 3 is 2.83 bits per heavy atom. The van der Waals surface area contributed by atoms with Crippen LogP contribution in [0, 0.1) is 17.2 Å². The van der Waals surface area contributed by atoms with Crippen molar-refractivity contribution in [2.75, 3.05) is 20.1 Å². The summed E-state index contributed by atoms with van der Waals surface area (Å²) in [4.78, 5) is 13.4. The van der Waals surface area contributed by atoms with Gasteiger partial charge in [0.15, 0.2) is 0 Å². The molecule has 4 heteroatoms. The fraction of sp³-hybridized carbons (Fsp3) is 0.857. The monoisotopic (exact) mass is 251 g/mol. The Kier molecular flexibility index (Phi) is 6.74. The first-order chi connectivity index (χ1) is 8.65. The number of nitrogens with zero attached hydrogens (tertiary/aromatic N) is 2. The van der Waals surface area contributed by atoms with Gasteiger partial charge in [-0.05, 0) is 18.8 Å². The molecule has 1 rings (SSSR count). The first kappa shape index (κ1) is 15.0. The van der Waals surface area contributed by atoms with Crippen molar-refractivity contribution in [2.24, 2.45) is 5.92 Å². The van der Waals surface area contributed by atoms with Crippen molar-refractivity contribution >= 4 is 5.91 Å². The number of rotatable bonds is 6. The third-order valence-electron chi connectivity index (χ3n) is 3.84. The van der Waals surface area contributed by atoms with Crippen LogP contribution in [0.4, 0.5) is 0 Å². The first-order valence-corrected chi connectivity index (χ1v) is 6.99. The summed E-state index contributed by atoms with van der Waals surface area (Å²) >= 11 is 0. The number of hydrogen-bond donors (Lipinski definition) is 1. The number of amides is 1. The van der Waals surface area contributed by atoms with Crippen molar-refractivity contribution in [1.29, 1.82) is 5.26 Å². The van der Waals surface area contributed by atoms with Crippen molar-refractivity contribution in [3.8, 4) is 6.07 Å². The van der Waals surface area contributed by atoms with Crippen molar-refractivity contribution in [3.05, 3.63) is 0 Å². The van der Waals surface area contributed by atoms with E-state index in [1.165, 1.54) is 25.7 Å². The predicted octanol–water partition coefficient (Wildman–Crippen LogP) is 1.92. The molecule has 0 unspecified atom stereocenters. The van der Waals surface area contributed by atoms with Crippen LogP contribution in [0.5, 0.6) is 0 Å². The van der Waals surface area contributed by atoms with E-state index in [2.05, 4.69) is 18.3 Å². The van der Waals surface area contributed by atoms with Gasteiger partial charge in [-0.3, -0.25) is 4.79 Å². The molecular weight excluding hydrogens is 226 g/mol. The lowest BCUT2D eigenvalue weighted by molar-refractivity contribution is -0.129. The Balaban J connectivity index is 2.16. The summed E-state index contributed by atoms with van der Waals surface area (Å²) in [5.74, 6) is 0.853. The highest BCUT2D eigenvalue weighted by atomic mass is 16.2. The molecule has 1 fully saturated rings. The molecule has 0 spiro atoms. The van der Waals surface area contributed by atoms with E-state index in [0.29, 0.717) is 25.4 Å².